The Labute approximate surface area is 125 Å². The van der Waals surface area contributed by atoms with Gasteiger partial charge in [0, 0.05) is 25.8 Å². The van der Waals surface area contributed by atoms with Crippen molar-refractivity contribution in [2.45, 2.75) is 19.5 Å². The zero-order chi connectivity index (χ0) is 14.2. The average Bonchev–Trinajstić information content (AvgIpc) is 2.92. The van der Waals surface area contributed by atoms with E-state index in [2.05, 4.69) is 57.8 Å². The van der Waals surface area contributed by atoms with Gasteiger partial charge in [0.2, 0.25) is 0 Å². The highest BCUT2D eigenvalue weighted by molar-refractivity contribution is 7.07. The van der Waals surface area contributed by atoms with Gasteiger partial charge in [-0.3, -0.25) is 9.88 Å². The molecule has 0 N–H and O–H groups in total. The molecule has 0 aliphatic rings. The molecule has 2 rings (SSSR count). The quantitative estimate of drug-likeness (QED) is 0.744. The minimum atomic E-state index is 0.921. The molecule has 108 valence electrons. The fourth-order valence-corrected chi connectivity index (χ4v) is 2.85. The van der Waals surface area contributed by atoms with Crippen LogP contribution in [0.2, 0.25) is 0 Å². The van der Waals surface area contributed by atoms with Gasteiger partial charge in [0.15, 0.2) is 0 Å². The highest BCUT2D eigenvalue weighted by Crippen LogP contribution is 2.12. The summed E-state index contributed by atoms with van der Waals surface area (Å²) in [5.74, 6) is 0. The van der Waals surface area contributed by atoms with Gasteiger partial charge in [-0.15, -0.1) is 0 Å². The molecule has 0 amide bonds. The maximum atomic E-state index is 4.44. The van der Waals surface area contributed by atoms with Gasteiger partial charge in [-0.25, -0.2) is 0 Å². The summed E-state index contributed by atoms with van der Waals surface area (Å²) in [4.78, 5) is 9.16. The lowest BCUT2D eigenvalue weighted by Gasteiger charge is -2.22. The molecule has 20 heavy (non-hydrogen) atoms. The number of hydrogen-bond donors (Lipinski definition) is 0. The number of hydrogen-bond acceptors (Lipinski definition) is 4. The van der Waals surface area contributed by atoms with E-state index < -0.39 is 0 Å². The van der Waals surface area contributed by atoms with Crippen LogP contribution in [0.1, 0.15) is 17.7 Å². The molecule has 0 saturated heterocycles. The first kappa shape index (κ1) is 15.2. The fraction of sp³-hybridized carbons (Fsp3) is 0.438. The van der Waals surface area contributed by atoms with Crippen molar-refractivity contribution in [3.05, 3.63) is 52.5 Å². The maximum absolute atomic E-state index is 4.44. The molecule has 0 spiro atoms. The molecular formula is C16H23N3S. The lowest BCUT2D eigenvalue weighted by atomic mass is 10.2. The molecule has 3 nitrogen and oxygen atoms in total. The second-order valence-corrected chi connectivity index (χ2v) is 6.10. The third-order valence-electron chi connectivity index (χ3n) is 3.18. The molecule has 2 aromatic heterocycles. The van der Waals surface area contributed by atoms with E-state index in [0.29, 0.717) is 0 Å². The Balaban J connectivity index is 1.92. The third kappa shape index (κ3) is 5.41. The van der Waals surface area contributed by atoms with Crippen LogP contribution in [-0.2, 0) is 13.1 Å². The molecule has 0 fully saturated rings. The smallest absolute Gasteiger partial charge is 0.0544 e. The summed E-state index contributed by atoms with van der Waals surface area (Å²) >= 11 is 1.77. The number of nitrogens with zero attached hydrogens (tertiary/aromatic N) is 3. The maximum Gasteiger partial charge on any atom is 0.0544 e. The van der Waals surface area contributed by atoms with E-state index in [0.717, 1.165) is 31.9 Å². The van der Waals surface area contributed by atoms with Crippen molar-refractivity contribution in [3.8, 4) is 0 Å². The van der Waals surface area contributed by atoms with Crippen LogP contribution < -0.4 is 0 Å². The normalized spacial score (nSPS) is 11.4. The number of thiophene rings is 1. The summed E-state index contributed by atoms with van der Waals surface area (Å²) in [6.45, 7) is 4.16. The van der Waals surface area contributed by atoms with Crippen molar-refractivity contribution in [1.82, 2.24) is 14.8 Å². The van der Waals surface area contributed by atoms with E-state index in [1.165, 1.54) is 12.0 Å². The fourth-order valence-electron chi connectivity index (χ4n) is 2.19. The largest absolute Gasteiger partial charge is 0.309 e. The van der Waals surface area contributed by atoms with Crippen molar-refractivity contribution < 1.29 is 0 Å². The Morgan fingerprint density at radius 3 is 2.65 bits per heavy atom. The van der Waals surface area contributed by atoms with Crippen LogP contribution in [0.4, 0.5) is 0 Å². The highest BCUT2D eigenvalue weighted by Gasteiger charge is 2.08. The van der Waals surface area contributed by atoms with Crippen molar-refractivity contribution in [2.24, 2.45) is 0 Å². The Bertz CT molecular complexity index is 468. The van der Waals surface area contributed by atoms with E-state index in [4.69, 9.17) is 0 Å². The van der Waals surface area contributed by atoms with Gasteiger partial charge in [0.25, 0.3) is 0 Å². The van der Waals surface area contributed by atoms with Gasteiger partial charge >= 0.3 is 0 Å². The lowest BCUT2D eigenvalue weighted by molar-refractivity contribution is 0.237. The Kier molecular flexibility index (Phi) is 6.18. The number of rotatable bonds is 8. The van der Waals surface area contributed by atoms with Crippen LogP contribution in [-0.4, -0.2) is 42.0 Å². The third-order valence-corrected chi connectivity index (χ3v) is 3.91. The summed E-state index contributed by atoms with van der Waals surface area (Å²) < 4.78 is 0. The Morgan fingerprint density at radius 2 is 2.00 bits per heavy atom. The SMILES string of the molecule is CN(C)CCCN(Cc1ccsc1)Cc1ccccn1. The molecular weight excluding hydrogens is 266 g/mol. The van der Waals surface area contributed by atoms with Gasteiger partial charge in [-0.2, -0.15) is 11.3 Å². The number of aromatic nitrogens is 1. The van der Waals surface area contributed by atoms with Crippen LogP contribution >= 0.6 is 11.3 Å². The molecule has 0 unspecified atom stereocenters. The summed E-state index contributed by atoms with van der Waals surface area (Å²) in [6.07, 6.45) is 3.06. The van der Waals surface area contributed by atoms with Gasteiger partial charge < -0.3 is 4.90 Å². The van der Waals surface area contributed by atoms with Crippen molar-refractivity contribution >= 4 is 11.3 Å². The highest BCUT2D eigenvalue weighted by atomic mass is 32.1. The van der Waals surface area contributed by atoms with E-state index in [-0.39, 0.29) is 0 Å². The van der Waals surface area contributed by atoms with E-state index >= 15 is 0 Å². The van der Waals surface area contributed by atoms with Crippen LogP contribution in [0, 0.1) is 0 Å². The zero-order valence-electron chi connectivity index (χ0n) is 12.3. The molecule has 0 bridgehead atoms. The Morgan fingerprint density at radius 1 is 1.10 bits per heavy atom. The molecule has 2 heterocycles. The van der Waals surface area contributed by atoms with Gasteiger partial charge in [-0.05, 0) is 61.6 Å². The average molecular weight is 289 g/mol. The molecule has 0 saturated carbocycles. The molecule has 4 heteroatoms. The first-order chi connectivity index (χ1) is 9.74. The second kappa shape index (κ2) is 8.15. The second-order valence-electron chi connectivity index (χ2n) is 5.32. The minimum absolute atomic E-state index is 0.921. The molecule has 0 aromatic carbocycles. The zero-order valence-corrected chi connectivity index (χ0v) is 13.1. The van der Waals surface area contributed by atoms with Crippen molar-refractivity contribution in [2.75, 3.05) is 27.2 Å². The van der Waals surface area contributed by atoms with Gasteiger partial charge in [0.05, 0.1) is 5.69 Å². The predicted molar refractivity (Wildman–Crippen MR) is 85.8 cm³/mol. The van der Waals surface area contributed by atoms with Crippen LogP contribution in [0.15, 0.2) is 41.2 Å². The number of pyridine rings is 1. The molecule has 0 atom stereocenters. The molecule has 0 aliphatic carbocycles. The first-order valence-corrected chi connectivity index (χ1v) is 7.96. The Hall–Kier alpha value is -1.23. The van der Waals surface area contributed by atoms with E-state index in [9.17, 15) is 0 Å². The topological polar surface area (TPSA) is 19.4 Å². The summed E-state index contributed by atoms with van der Waals surface area (Å²) in [7, 11) is 4.25. The standard InChI is InChI=1S/C16H23N3S/c1-18(2)9-5-10-19(12-15-7-11-20-14-15)13-16-6-3-4-8-17-16/h3-4,6-8,11,14H,5,9-10,12-13H2,1-2H3. The first-order valence-electron chi connectivity index (χ1n) is 7.02. The minimum Gasteiger partial charge on any atom is -0.309 e. The summed E-state index contributed by atoms with van der Waals surface area (Å²) in [5.41, 5.74) is 2.54. The van der Waals surface area contributed by atoms with E-state index in [1.54, 1.807) is 11.3 Å². The van der Waals surface area contributed by atoms with Crippen molar-refractivity contribution in [3.63, 3.8) is 0 Å². The van der Waals surface area contributed by atoms with Crippen LogP contribution in [0.25, 0.3) is 0 Å². The van der Waals surface area contributed by atoms with Gasteiger partial charge in [0.1, 0.15) is 0 Å². The van der Waals surface area contributed by atoms with Crippen LogP contribution in [0.5, 0.6) is 0 Å². The predicted octanol–water partition coefficient (Wildman–Crippen LogP) is 3.10. The van der Waals surface area contributed by atoms with Gasteiger partial charge in [-0.1, -0.05) is 6.07 Å². The monoisotopic (exact) mass is 289 g/mol. The van der Waals surface area contributed by atoms with E-state index in [1.807, 2.05) is 12.3 Å². The summed E-state index contributed by atoms with van der Waals surface area (Å²) in [5, 5.41) is 4.38. The van der Waals surface area contributed by atoms with Crippen LogP contribution in [0.3, 0.4) is 0 Å². The molecule has 0 radical (unpaired) electrons. The summed E-state index contributed by atoms with van der Waals surface area (Å²) in [6, 6.07) is 8.35. The van der Waals surface area contributed by atoms with Crippen molar-refractivity contribution in [1.29, 1.82) is 0 Å². The molecule has 2 aromatic rings. The lowest BCUT2D eigenvalue weighted by Crippen LogP contribution is -2.27. The molecule has 0 aliphatic heterocycles.